The third kappa shape index (κ3) is 8.47. The Morgan fingerprint density at radius 3 is 2.54 bits per heavy atom. The number of benzene rings is 1. The summed E-state index contributed by atoms with van der Waals surface area (Å²) in [5, 5.41) is 3.86. The SMILES string of the molecule is CCc1ccc2cc(-c3nc4cc(C(=O)N5CC[C@@H](OC)[C@@H](NC(=O)OC(C)(C)C)C5)cc(OC)c4n3C)n(CCCCCc3nccc(F)c3C(N)=O)c2n1. The number of aryl methyl sites for hydroxylation is 4. The van der Waals surface area contributed by atoms with Crippen molar-refractivity contribution in [3.63, 3.8) is 0 Å². The third-order valence-corrected chi connectivity index (χ3v) is 10.2. The van der Waals surface area contributed by atoms with E-state index in [9.17, 15) is 18.8 Å². The van der Waals surface area contributed by atoms with Gasteiger partial charge >= 0.3 is 6.09 Å². The number of carbonyl (C=O) groups excluding carboxylic acids is 3. The number of aromatic nitrogens is 5. The minimum Gasteiger partial charge on any atom is -0.494 e. The molecule has 6 rings (SSSR count). The van der Waals surface area contributed by atoms with Gasteiger partial charge in [-0.15, -0.1) is 0 Å². The van der Waals surface area contributed by atoms with Crippen molar-refractivity contribution in [2.45, 2.75) is 90.5 Å². The summed E-state index contributed by atoms with van der Waals surface area (Å²) in [5.41, 5.74) is 9.36. The van der Waals surface area contributed by atoms with E-state index in [2.05, 4.69) is 33.9 Å². The molecule has 0 radical (unpaired) electrons. The van der Waals surface area contributed by atoms with Gasteiger partial charge in [0.25, 0.3) is 11.8 Å². The van der Waals surface area contributed by atoms with Gasteiger partial charge in [0, 0.05) is 56.6 Å². The van der Waals surface area contributed by atoms with Crippen molar-refractivity contribution in [2.75, 3.05) is 27.3 Å². The van der Waals surface area contributed by atoms with Gasteiger partial charge < -0.3 is 39.3 Å². The Balaban J connectivity index is 1.27. The fourth-order valence-electron chi connectivity index (χ4n) is 7.44. The van der Waals surface area contributed by atoms with Gasteiger partial charge in [0.1, 0.15) is 28.3 Å². The number of methoxy groups -OCH3 is 2. The van der Waals surface area contributed by atoms with Crippen LogP contribution in [0.1, 0.15) is 85.5 Å². The van der Waals surface area contributed by atoms with Crippen LogP contribution in [0.2, 0.25) is 0 Å². The zero-order chi connectivity index (χ0) is 40.3. The molecule has 3 N–H and O–H groups in total. The number of ether oxygens (including phenoxy) is 3. The number of nitrogens with two attached hydrogens (primary N) is 1. The molecule has 0 bridgehead atoms. The molecule has 4 aromatic heterocycles. The molecular weight excluding hydrogens is 719 g/mol. The molecular formula is C41H51FN8O6. The van der Waals surface area contributed by atoms with E-state index in [1.807, 2.05) is 17.7 Å². The highest BCUT2D eigenvalue weighted by Gasteiger charge is 2.35. The first kappa shape index (κ1) is 40.1. The minimum atomic E-state index is -0.824. The highest BCUT2D eigenvalue weighted by Crippen LogP contribution is 2.35. The Kier molecular flexibility index (Phi) is 11.9. The van der Waals surface area contributed by atoms with Gasteiger partial charge in [-0.25, -0.2) is 19.2 Å². The molecule has 0 saturated carbocycles. The van der Waals surface area contributed by atoms with E-state index in [0.717, 1.165) is 53.3 Å². The monoisotopic (exact) mass is 770 g/mol. The number of alkyl carbamates (subject to hydrolysis) is 1. The van der Waals surface area contributed by atoms with Crippen LogP contribution in [0.4, 0.5) is 9.18 Å². The Labute approximate surface area is 325 Å². The van der Waals surface area contributed by atoms with Crippen molar-refractivity contribution in [3.05, 3.63) is 70.9 Å². The molecule has 1 aliphatic heterocycles. The van der Waals surface area contributed by atoms with Crippen LogP contribution < -0.4 is 15.8 Å². The molecule has 1 aromatic carbocycles. The van der Waals surface area contributed by atoms with Crippen molar-refractivity contribution < 1.29 is 33.0 Å². The Morgan fingerprint density at radius 2 is 1.84 bits per heavy atom. The summed E-state index contributed by atoms with van der Waals surface area (Å²) in [7, 11) is 5.09. The van der Waals surface area contributed by atoms with Crippen LogP contribution in [0.15, 0.2) is 42.6 Å². The molecule has 5 heterocycles. The number of nitrogens with zero attached hydrogens (tertiary/aromatic N) is 6. The van der Waals surface area contributed by atoms with Crippen molar-refractivity contribution in [2.24, 2.45) is 12.8 Å². The first-order valence-corrected chi connectivity index (χ1v) is 19.0. The molecule has 0 aliphatic carbocycles. The summed E-state index contributed by atoms with van der Waals surface area (Å²) in [4.78, 5) is 54.6. The Morgan fingerprint density at radius 1 is 1.05 bits per heavy atom. The molecule has 0 unspecified atom stereocenters. The van der Waals surface area contributed by atoms with Crippen LogP contribution in [0.5, 0.6) is 5.75 Å². The lowest BCUT2D eigenvalue weighted by Crippen LogP contribution is -2.57. The predicted molar refractivity (Wildman–Crippen MR) is 210 cm³/mol. The van der Waals surface area contributed by atoms with E-state index in [0.29, 0.717) is 60.7 Å². The maximum atomic E-state index is 14.3. The highest BCUT2D eigenvalue weighted by atomic mass is 19.1. The number of hydrogen-bond donors (Lipinski definition) is 2. The minimum absolute atomic E-state index is 0.153. The first-order chi connectivity index (χ1) is 26.7. The molecule has 1 aliphatic rings. The number of pyridine rings is 2. The maximum Gasteiger partial charge on any atom is 0.408 e. The Hall–Kier alpha value is -5.57. The number of hydrogen-bond acceptors (Lipinski definition) is 9. The van der Waals surface area contributed by atoms with E-state index in [1.165, 1.54) is 6.20 Å². The summed E-state index contributed by atoms with van der Waals surface area (Å²) in [6.07, 6.45) is 4.46. The fourth-order valence-corrected chi connectivity index (χ4v) is 7.44. The first-order valence-electron chi connectivity index (χ1n) is 19.0. The maximum absolute atomic E-state index is 14.3. The number of imidazole rings is 1. The molecule has 1 saturated heterocycles. The van der Waals surface area contributed by atoms with Crippen molar-refractivity contribution in [1.29, 1.82) is 0 Å². The number of nitrogens with one attached hydrogen (secondary N) is 1. The smallest absolute Gasteiger partial charge is 0.408 e. The fraction of sp³-hybridized carbons (Fsp3) is 0.463. The van der Waals surface area contributed by atoms with Crippen molar-refractivity contribution in [1.82, 2.24) is 34.3 Å². The molecule has 1 fully saturated rings. The van der Waals surface area contributed by atoms with Crippen LogP contribution in [-0.2, 0) is 35.9 Å². The van der Waals surface area contributed by atoms with Crippen LogP contribution in [0.25, 0.3) is 33.6 Å². The number of rotatable bonds is 13. The van der Waals surface area contributed by atoms with Gasteiger partial charge in [-0.2, -0.15) is 0 Å². The van der Waals surface area contributed by atoms with Gasteiger partial charge in [0.2, 0.25) is 0 Å². The summed E-state index contributed by atoms with van der Waals surface area (Å²) in [5.74, 6) is -0.526. The largest absolute Gasteiger partial charge is 0.494 e. The number of primary amides is 1. The molecule has 5 aromatic rings. The molecule has 14 nitrogen and oxygen atoms in total. The number of halogens is 1. The van der Waals surface area contributed by atoms with Crippen LogP contribution in [0, 0.1) is 5.82 Å². The van der Waals surface area contributed by atoms with Crippen molar-refractivity contribution >= 4 is 40.0 Å². The van der Waals surface area contributed by atoms with Crippen LogP contribution in [-0.4, -0.2) is 91.9 Å². The van der Waals surface area contributed by atoms with Crippen LogP contribution >= 0.6 is 0 Å². The second-order valence-electron chi connectivity index (χ2n) is 15.1. The normalized spacial score (nSPS) is 16.0. The Bertz CT molecular complexity index is 2260. The molecule has 0 spiro atoms. The lowest BCUT2D eigenvalue weighted by molar-refractivity contribution is 0.00320. The quantitative estimate of drug-likeness (QED) is 0.137. The number of likely N-dealkylation sites (tertiary alicyclic amines) is 1. The lowest BCUT2D eigenvalue weighted by atomic mass is 10.0. The topological polar surface area (TPSA) is 169 Å². The number of piperidine rings is 1. The molecule has 15 heteroatoms. The van der Waals surface area contributed by atoms with E-state index >= 15 is 0 Å². The molecule has 298 valence electrons. The summed E-state index contributed by atoms with van der Waals surface area (Å²) < 4.78 is 35.4. The van der Waals surface area contributed by atoms with E-state index < -0.39 is 29.5 Å². The number of carbonyl (C=O) groups is 3. The molecule has 56 heavy (non-hydrogen) atoms. The van der Waals surface area contributed by atoms with Gasteiger partial charge in [0.15, 0.2) is 5.82 Å². The average molecular weight is 771 g/mol. The second kappa shape index (κ2) is 16.7. The zero-order valence-electron chi connectivity index (χ0n) is 33.1. The van der Waals surface area contributed by atoms with Gasteiger partial charge in [-0.3, -0.25) is 14.6 Å². The number of amides is 3. The van der Waals surface area contributed by atoms with E-state index in [1.54, 1.807) is 52.0 Å². The standard InChI is InChI=1S/C41H51FN8O6/c1-8-26-14-13-24-21-31(50(37(24)45-26)18-11-9-10-12-28-34(36(43)51)27(42)15-17-44-28)38-46-29-20-25(22-33(55-7)35(29)48(38)5)39(52)49-19-16-32(54-6)30(23-49)47-40(53)56-41(2,3)4/h13-15,17,20-22,30,32H,8-12,16,18-19,23H2,1-7H3,(H2,43,51)(H,47,53)/t30-,32+/m0/s1. The number of fused-ring (bicyclic) bond motifs is 2. The van der Waals surface area contributed by atoms with E-state index in [-0.39, 0.29) is 24.1 Å². The third-order valence-electron chi connectivity index (χ3n) is 10.2. The second-order valence-corrected chi connectivity index (χ2v) is 15.1. The van der Waals surface area contributed by atoms with Crippen LogP contribution in [0.3, 0.4) is 0 Å². The highest BCUT2D eigenvalue weighted by molar-refractivity contribution is 6.00. The number of unbranched alkanes of at least 4 members (excludes halogenated alkanes) is 2. The zero-order valence-corrected chi connectivity index (χ0v) is 33.1. The summed E-state index contributed by atoms with van der Waals surface area (Å²) >= 11 is 0. The summed E-state index contributed by atoms with van der Waals surface area (Å²) in [6, 6.07) is 10.4. The molecule has 2 atom stereocenters. The van der Waals surface area contributed by atoms with Gasteiger partial charge in [0.05, 0.1) is 41.7 Å². The van der Waals surface area contributed by atoms with E-state index in [4.69, 9.17) is 29.9 Å². The molecule has 3 amide bonds. The van der Waals surface area contributed by atoms with Gasteiger partial charge in [-0.1, -0.05) is 13.3 Å². The average Bonchev–Trinajstić information content (AvgIpc) is 3.69. The summed E-state index contributed by atoms with van der Waals surface area (Å²) in [6.45, 7) is 8.75. The lowest BCUT2D eigenvalue weighted by Gasteiger charge is -2.38. The van der Waals surface area contributed by atoms with Gasteiger partial charge in [-0.05, 0) is 89.3 Å². The predicted octanol–water partition coefficient (Wildman–Crippen LogP) is 5.96. The van der Waals surface area contributed by atoms with Crippen molar-refractivity contribution in [3.8, 4) is 17.3 Å².